The van der Waals surface area contributed by atoms with E-state index in [2.05, 4.69) is 14.8 Å². The number of aromatic nitrogens is 1. The van der Waals surface area contributed by atoms with Crippen LogP contribution in [0.4, 0.5) is 19.0 Å². The second-order valence-corrected chi connectivity index (χ2v) is 6.89. The van der Waals surface area contributed by atoms with Crippen LogP contribution in [-0.2, 0) is 6.18 Å². The van der Waals surface area contributed by atoms with E-state index in [1.165, 1.54) is 6.07 Å². The Kier molecular flexibility index (Phi) is 5.30. The fourth-order valence-electron chi connectivity index (χ4n) is 3.63. The topological polar surface area (TPSA) is 39.6 Å². The van der Waals surface area contributed by atoms with Gasteiger partial charge in [0.2, 0.25) is 0 Å². The van der Waals surface area contributed by atoms with Crippen LogP contribution in [-0.4, -0.2) is 53.8 Å². The van der Waals surface area contributed by atoms with Gasteiger partial charge in [0.25, 0.3) is 0 Å². The normalized spacial score (nSPS) is 24.3. The second-order valence-electron chi connectivity index (χ2n) is 6.89. The van der Waals surface area contributed by atoms with Crippen LogP contribution in [0.2, 0.25) is 0 Å². The van der Waals surface area contributed by atoms with E-state index >= 15 is 0 Å². The molecule has 0 bridgehead atoms. The minimum Gasteiger partial charge on any atom is -0.393 e. The van der Waals surface area contributed by atoms with Crippen LogP contribution in [0.3, 0.4) is 0 Å². The molecule has 24 heavy (non-hydrogen) atoms. The van der Waals surface area contributed by atoms with Crippen LogP contribution < -0.4 is 4.90 Å². The fourth-order valence-corrected chi connectivity index (χ4v) is 3.63. The van der Waals surface area contributed by atoms with Crippen LogP contribution in [0, 0.1) is 5.92 Å². The van der Waals surface area contributed by atoms with E-state index in [0.29, 0.717) is 11.7 Å². The second kappa shape index (κ2) is 7.27. The molecule has 3 heterocycles. The minimum absolute atomic E-state index is 0.166. The molecule has 1 aromatic heterocycles. The molecule has 7 heteroatoms. The third kappa shape index (κ3) is 4.39. The summed E-state index contributed by atoms with van der Waals surface area (Å²) in [6.45, 7) is 4.52. The molecular formula is C17H24F3N3O. The van der Waals surface area contributed by atoms with E-state index in [-0.39, 0.29) is 6.10 Å². The minimum atomic E-state index is -4.34. The Hall–Kier alpha value is -1.34. The molecule has 4 nitrogen and oxygen atoms in total. The molecule has 3 rings (SSSR count). The van der Waals surface area contributed by atoms with Gasteiger partial charge in [-0.05, 0) is 43.7 Å². The van der Waals surface area contributed by atoms with Crippen molar-refractivity contribution >= 4 is 5.82 Å². The summed E-state index contributed by atoms with van der Waals surface area (Å²) in [5.74, 6) is 1.12. The molecule has 0 radical (unpaired) electrons. The molecule has 2 aliphatic heterocycles. The van der Waals surface area contributed by atoms with Crippen LogP contribution in [0.5, 0.6) is 0 Å². The largest absolute Gasteiger partial charge is 0.417 e. The van der Waals surface area contributed by atoms with Crippen LogP contribution in [0.1, 0.15) is 31.2 Å². The number of piperidine rings is 2. The highest BCUT2D eigenvalue weighted by atomic mass is 19.4. The lowest BCUT2D eigenvalue weighted by Crippen LogP contribution is -2.44. The lowest BCUT2D eigenvalue weighted by atomic mass is 9.96. The number of alkyl halides is 3. The lowest BCUT2D eigenvalue weighted by molar-refractivity contribution is -0.137. The Morgan fingerprint density at radius 3 is 2.50 bits per heavy atom. The standard InChI is InChI=1S/C17H24F3N3O/c18-17(19,20)14-3-4-16(21-10-14)23-7-1-2-13(12-23)11-22-8-5-15(24)6-9-22/h3-4,10,13,15,24H,1-2,5-9,11-12H2. The predicted molar refractivity (Wildman–Crippen MR) is 85.9 cm³/mol. The maximum Gasteiger partial charge on any atom is 0.417 e. The summed E-state index contributed by atoms with van der Waals surface area (Å²) in [5, 5.41) is 9.58. The molecule has 1 aromatic rings. The molecule has 1 unspecified atom stereocenters. The number of anilines is 1. The molecule has 0 saturated carbocycles. The molecule has 0 aliphatic carbocycles. The summed E-state index contributed by atoms with van der Waals surface area (Å²) in [6.07, 6.45) is 0.244. The summed E-state index contributed by atoms with van der Waals surface area (Å²) >= 11 is 0. The van der Waals surface area contributed by atoms with Gasteiger partial charge in [0.15, 0.2) is 0 Å². The Morgan fingerprint density at radius 1 is 1.12 bits per heavy atom. The van der Waals surface area contributed by atoms with Crippen molar-refractivity contribution in [2.24, 2.45) is 5.92 Å². The maximum absolute atomic E-state index is 12.6. The van der Waals surface area contributed by atoms with Crippen molar-refractivity contribution in [3.05, 3.63) is 23.9 Å². The highest BCUT2D eigenvalue weighted by Gasteiger charge is 2.31. The Balaban J connectivity index is 1.57. The number of hydrogen-bond donors (Lipinski definition) is 1. The summed E-state index contributed by atoms with van der Waals surface area (Å²) in [5.41, 5.74) is -0.702. The SMILES string of the molecule is OC1CCN(CC2CCCN(c3ccc(C(F)(F)F)cn3)C2)CC1. The Labute approximate surface area is 140 Å². The van der Waals surface area contributed by atoms with Crippen molar-refractivity contribution < 1.29 is 18.3 Å². The van der Waals surface area contributed by atoms with Crippen LogP contribution in [0.15, 0.2) is 18.3 Å². The summed E-state index contributed by atoms with van der Waals surface area (Å²) in [7, 11) is 0. The number of rotatable bonds is 3. The molecule has 1 N–H and O–H groups in total. The van der Waals surface area contributed by atoms with Crippen LogP contribution in [0.25, 0.3) is 0 Å². The van der Waals surface area contributed by atoms with E-state index in [1.54, 1.807) is 0 Å². The summed E-state index contributed by atoms with van der Waals surface area (Å²) in [4.78, 5) is 8.50. The van der Waals surface area contributed by atoms with Crippen molar-refractivity contribution in [1.82, 2.24) is 9.88 Å². The summed E-state index contributed by atoms with van der Waals surface area (Å²) < 4.78 is 37.9. The van der Waals surface area contributed by atoms with E-state index in [1.807, 2.05) is 0 Å². The van der Waals surface area contributed by atoms with E-state index in [0.717, 1.165) is 70.7 Å². The first-order valence-corrected chi connectivity index (χ1v) is 8.60. The first-order valence-electron chi connectivity index (χ1n) is 8.60. The Bertz CT molecular complexity index is 527. The van der Waals surface area contributed by atoms with Gasteiger partial charge in [-0.15, -0.1) is 0 Å². The predicted octanol–water partition coefficient (Wildman–Crippen LogP) is 2.77. The van der Waals surface area contributed by atoms with Gasteiger partial charge in [-0.1, -0.05) is 0 Å². The summed E-state index contributed by atoms with van der Waals surface area (Å²) in [6, 6.07) is 2.58. The van der Waals surface area contributed by atoms with Gasteiger partial charge >= 0.3 is 6.18 Å². The number of aliphatic hydroxyl groups excluding tert-OH is 1. The van der Waals surface area contributed by atoms with Gasteiger partial charge < -0.3 is 14.9 Å². The number of aliphatic hydroxyl groups is 1. The lowest BCUT2D eigenvalue weighted by Gasteiger charge is -2.38. The van der Waals surface area contributed by atoms with Gasteiger partial charge in [-0.2, -0.15) is 13.2 Å². The molecule has 2 aliphatic rings. The molecule has 2 saturated heterocycles. The zero-order valence-electron chi connectivity index (χ0n) is 13.7. The average Bonchev–Trinajstić information content (AvgIpc) is 2.57. The zero-order chi connectivity index (χ0) is 17.2. The Morgan fingerprint density at radius 2 is 1.88 bits per heavy atom. The van der Waals surface area contributed by atoms with Gasteiger partial charge in [0.1, 0.15) is 5.82 Å². The molecule has 0 spiro atoms. The average molecular weight is 343 g/mol. The zero-order valence-corrected chi connectivity index (χ0v) is 13.7. The van der Waals surface area contributed by atoms with Gasteiger partial charge in [-0.25, -0.2) is 4.98 Å². The van der Waals surface area contributed by atoms with E-state index in [4.69, 9.17) is 0 Å². The number of likely N-dealkylation sites (tertiary alicyclic amines) is 1. The molecule has 0 amide bonds. The number of hydrogen-bond acceptors (Lipinski definition) is 4. The van der Waals surface area contributed by atoms with Crippen molar-refractivity contribution in [1.29, 1.82) is 0 Å². The number of halogens is 3. The number of pyridine rings is 1. The number of nitrogens with zero attached hydrogens (tertiary/aromatic N) is 3. The maximum atomic E-state index is 12.6. The van der Waals surface area contributed by atoms with E-state index in [9.17, 15) is 18.3 Å². The van der Waals surface area contributed by atoms with Crippen molar-refractivity contribution in [2.75, 3.05) is 37.6 Å². The molecule has 2 fully saturated rings. The van der Waals surface area contributed by atoms with Gasteiger partial charge in [0.05, 0.1) is 11.7 Å². The van der Waals surface area contributed by atoms with Gasteiger partial charge in [-0.3, -0.25) is 0 Å². The smallest absolute Gasteiger partial charge is 0.393 e. The van der Waals surface area contributed by atoms with Gasteiger partial charge in [0, 0.05) is 38.9 Å². The highest BCUT2D eigenvalue weighted by Crippen LogP contribution is 2.30. The third-order valence-corrected chi connectivity index (χ3v) is 4.99. The molecule has 0 aromatic carbocycles. The first kappa shape index (κ1) is 17.5. The molecular weight excluding hydrogens is 319 g/mol. The van der Waals surface area contributed by atoms with E-state index < -0.39 is 11.7 Å². The quantitative estimate of drug-likeness (QED) is 0.916. The van der Waals surface area contributed by atoms with Crippen LogP contribution >= 0.6 is 0 Å². The first-order chi connectivity index (χ1) is 11.4. The van der Waals surface area contributed by atoms with Crippen molar-refractivity contribution in [2.45, 2.75) is 38.0 Å². The molecule has 1 atom stereocenters. The van der Waals surface area contributed by atoms with Crippen molar-refractivity contribution in [3.63, 3.8) is 0 Å². The molecule has 134 valence electrons. The third-order valence-electron chi connectivity index (χ3n) is 4.99. The highest BCUT2D eigenvalue weighted by molar-refractivity contribution is 5.40. The fraction of sp³-hybridized carbons (Fsp3) is 0.706. The monoisotopic (exact) mass is 343 g/mol. The van der Waals surface area contributed by atoms with Crippen molar-refractivity contribution in [3.8, 4) is 0 Å².